The van der Waals surface area contributed by atoms with E-state index in [0.29, 0.717) is 49.6 Å². The number of carbonyl (C=O) groups excluding carboxylic acids is 2. The largest absolute Gasteiger partial charge is 0.487 e. The number of nitrogens with zero attached hydrogens (tertiary/aromatic N) is 6. The third kappa shape index (κ3) is 4.92. The normalized spacial score (nSPS) is 18.0. The number of ether oxygens (including phenoxy) is 1. The molecule has 0 aliphatic carbocycles. The van der Waals surface area contributed by atoms with Crippen LogP contribution in [0.1, 0.15) is 10.5 Å². The highest BCUT2D eigenvalue weighted by Gasteiger charge is 2.32. The Bertz CT molecular complexity index is 1260. The molecule has 0 bridgehead atoms. The molecule has 2 aliphatic heterocycles. The van der Waals surface area contributed by atoms with Crippen LogP contribution in [0.15, 0.2) is 48.8 Å². The molecule has 2 aliphatic rings. The summed E-state index contributed by atoms with van der Waals surface area (Å²) in [5.74, 6) is 0.632. The van der Waals surface area contributed by atoms with Crippen molar-refractivity contribution in [1.29, 1.82) is 0 Å². The van der Waals surface area contributed by atoms with Crippen molar-refractivity contribution in [3.05, 3.63) is 54.5 Å². The molecule has 2 fully saturated rings. The highest BCUT2D eigenvalue weighted by atomic mass is 32.1. The summed E-state index contributed by atoms with van der Waals surface area (Å²) in [6.45, 7) is 2.89. The summed E-state index contributed by atoms with van der Waals surface area (Å²) in [5, 5.41) is 11.3. The van der Waals surface area contributed by atoms with Gasteiger partial charge in [-0.1, -0.05) is 12.1 Å². The molecule has 2 amide bonds. The number of nitrogens with one attached hydrogen (secondary N) is 1. The van der Waals surface area contributed by atoms with Gasteiger partial charge in [-0.25, -0.2) is 14.8 Å². The van der Waals surface area contributed by atoms with Crippen LogP contribution in [-0.2, 0) is 4.74 Å². The second kappa shape index (κ2) is 9.66. The van der Waals surface area contributed by atoms with Gasteiger partial charge in [-0.3, -0.25) is 14.7 Å². The van der Waals surface area contributed by atoms with Crippen molar-refractivity contribution in [2.45, 2.75) is 6.10 Å². The zero-order valence-corrected chi connectivity index (χ0v) is 19.5. The number of benzene rings is 1. The summed E-state index contributed by atoms with van der Waals surface area (Å²) in [7, 11) is 0. The molecular formula is C23H23N7O4S. The van der Waals surface area contributed by atoms with Gasteiger partial charge in [-0.2, -0.15) is 0 Å². The van der Waals surface area contributed by atoms with Gasteiger partial charge in [-0.15, -0.1) is 0 Å². The van der Waals surface area contributed by atoms with Gasteiger partial charge < -0.3 is 25.0 Å². The Balaban J connectivity index is 1.18. The van der Waals surface area contributed by atoms with Crippen LogP contribution in [-0.4, -0.2) is 87.5 Å². The molecule has 180 valence electrons. The van der Waals surface area contributed by atoms with E-state index in [4.69, 9.17) is 9.84 Å². The van der Waals surface area contributed by atoms with Crippen LogP contribution in [0.25, 0.3) is 11.0 Å². The number of piperazine rings is 1. The van der Waals surface area contributed by atoms with Crippen LogP contribution in [0, 0.1) is 0 Å². The molecule has 12 heteroatoms. The van der Waals surface area contributed by atoms with Crippen LogP contribution in [0.2, 0.25) is 0 Å². The first-order valence-electron chi connectivity index (χ1n) is 11.1. The molecule has 5 rings (SSSR count). The predicted octanol–water partition coefficient (Wildman–Crippen LogP) is 1.74. The molecule has 2 saturated heterocycles. The Kier molecular flexibility index (Phi) is 6.27. The molecule has 11 nitrogen and oxygen atoms in total. The number of para-hydroxylation sites is 2. The maximum atomic E-state index is 12.9. The smallest absolute Gasteiger partial charge is 0.414 e. The maximum absolute atomic E-state index is 12.9. The Morgan fingerprint density at radius 2 is 1.86 bits per heavy atom. The van der Waals surface area contributed by atoms with Crippen LogP contribution in [0.5, 0.6) is 0 Å². The lowest BCUT2D eigenvalue weighted by atomic mass is 10.2. The van der Waals surface area contributed by atoms with Crippen LogP contribution < -0.4 is 15.1 Å². The number of aromatic nitrogens is 3. The summed E-state index contributed by atoms with van der Waals surface area (Å²) in [6.07, 6.45) is 2.26. The minimum absolute atomic E-state index is 0.134. The van der Waals surface area contributed by atoms with Gasteiger partial charge >= 0.3 is 6.09 Å². The average Bonchev–Trinajstić information content (AvgIpc) is 3.27. The molecule has 1 aromatic carbocycles. The van der Waals surface area contributed by atoms with Crippen molar-refractivity contribution >= 4 is 51.9 Å². The summed E-state index contributed by atoms with van der Waals surface area (Å²) in [6, 6.07) is 11.1. The van der Waals surface area contributed by atoms with E-state index in [2.05, 4.69) is 37.4 Å². The predicted molar refractivity (Wildman–Crippen MR) is 133 cm³/mol. The first-order chi connectivity index (χ1) is 17.0. The number of cyclic esters (lactones) is 1. The van der Waals surface area contributed by atoms with Crippen molar-refractivity contribution < 1.29 is 19.4 Å². The van der Waals surface area contributed by atoms with Crippen molar-refractivity contribution in [2.24, 2.45) is 0 Å². The molecule has 4 heterocycles. The fourth-order valence-electron chi connectivity index (χ4n) is 4.13. The average molecular weight is 494 g/mol. The molecule has 0 saturated carbocycles. The SMILES string of the molecule is O=C(c1cnc2ccccc2n1)N1CCN(c2ccc(N3CC(CNC(O)=S)OC3=O)cn2)CC1. The number of hydrogen-bond acceptors (Lipinski definition) is 8. The molecule has 0 radical (unpaired) electrons. The molecule has 2 N–H and O–H groups in total. The number of aliphatic hydroxyl groups is 1. The van der Waals surface area contributed by atoms with E-state index < -0.39 is 12.2 Å². The molecule has 2 aromatic heterocycles. The van der Waals surface area contributed by atoms with Crippen molar-refractivity contribution in [1.82, 2.24) is 25.2 Å². The van der Waals surface area contributed by atoms with E-state index in [1.54, 1.807) is 11.1 Å². The minimum Gasteiger partial charge on any atom is -0.487 e. The zero-order valence-electron chi connectivity index (χ0n) is 18.7. The summed E-state index contributed by atoms with van der Waals surface area (Å²) in [5.41, 5.74) is 2.41. The topological polar surface area (TPSA) is 124 Å². The second-order valence-electron chi connectivity index (χ2n) is 8.20. The van der Waals surface area contributed by atoms with E-state index in [-0.39, 0.29) is 17.6 Å². The van der Waals surface area contributed by atoms with Crippen LogP contribution >= 0.6 is 12.2 Å². The van der Waals surface area contributed by atoms with E-state index >= 15 is 0 Å². The van der Waals surface area contributed by atoms with Gasteiger partial charge in [0.25, 0.3) is 11.1 Å². The standard InChI is InChI=1S/C23H23N7O4S/c31-21(19-13-24-17-3-1-2-4-18(17)27-19)29-9-7-28(8-10-29)20-6-5-15(11-25-20)30-14-16(34-23(30)33)12-26-22(32)35/h1-6,11,13,16H,7-10,12,14H2,(H2,26,32,35). The zero-order chi connectivity index (χ0) is 24.4. The molecule has 1 atom stereocenters. The first kappa shape index (κ1) is 22.7. The Labute approximate surface area is 206 Å². The summed E-state index contributed by atoms with van der Waals surface area (Å²) in [4.78, 5) is 43.8. The third-order valence-electron chi connectivity index (χ3n) is 5.96. The number of carbonyl (C=O) groups is 2. The van der Waals surface area contributed by atoms with Crippen molar-refractivity contribution in [3.8, 4) is 0 Å². The number of rotatable bonds is 5. The van der Waals surface area contributed by atoms with Gasteiger partial charge in [0.15, 0.2) is 0 Å². The van der Waals surface area contributed by atoms with Crippen LogP contribution in [0.4, 0.5) is 16.3 Å². The molecule has 35 heavy (non-hydrogen) atoms. The summed E-state index contributed by atoms with van der Waals surface area (Å²) < 4.78 is 5.29. The molecular weight excluding hydrogens is 470 g/mol. The van der Waals surface area contributed by atoms with Gasteiger partial charge in [0.2, 0.25) is 0 Å². The van der Waals surface area contributed by atoms with E-state index in [0.717, 1.165) is 11.3 Å². The van der Waals surface area contributed by atoms with Gasteiger partial charge in [-0.05, 0) is 36.5 Å². The lowest BCUT2D eigenvalue weighted by Gasteiger charge is -2.35. The van der Waals surface area contributed by atoms with Gasteiger partial charge in [0.05, 0.1) is 42.2 Å². The minimum atomic E-state index is -0.473. The highest BCUT2D eigenvalue weighted by Crippen LogP contribution is 2.23. The van der Waals surface area contributed by atoms with Gasteiger partial charge in [0, 0.05) is 26.2 Å². The summed E-state index contributed by atoms with van der Waals surface area (Å²) >= 11 is 4.57. The van der Waals surface area contributed by atoms with Crippen molar-refractivity contribution in [3.63, 3.8) is 0 Å². The number of thiocarbonyl (C=S) groups is 1. The number of anilines is 2. The van der Waals surface area contributed by atoms with Crippen LogP contribution in [0.3, 0.4) is 0 Å². The molecule has 3 aromatic rings. The number of hydrogen-bond donors (Lipinski definition) is 2. The monoisotopic (exact) mass is 493 g/mol. The fourth-order valence-corrected chi connectivity index (χ4v) is 4.21. The van der Waals surface area contributed by atoms with Gasteiger partial charge in [0.1, 0.15) is 17.6 Å². The van der Waals surface area contributed by atoms with E-state index in [9.17, 15) is 9.59 Å². The number of pyridine rings is 1. The van der Waals surface area contributed by atoms with E-state index in [1.807, 2.05) is 36.4 Å². The Morgan fingerprint density at radius 1 is 1.09 bits per heavy atom. The maximum Gasteiger partial charge on any atom is 0.414 e. The first-order valence-corrected chi connectivity index (χ1v) is 11.6. The quantitative estimate of drug-likeness (QED) is 0.508. The molecule has 0 spiro atoms. The number of aliphatic hydroxyl groups excluding tert-OH is 1. The highest BCUT2D eigenvalue weighted by molar-refractivity contribution is 7.79. The third-order valence-corrected chi connectivity index (χ3v) is 6.10. The Morgan fingerprint density at radius 3 is 2.57 bits per heavy atom. The van der Waals surface area contributed by atoms with E-state index in [1.165, 1.54) is 11.1 Å². The number of fused-ring (bicyclic) bond motifs is 1. The molecule has 1 unspecified atom stereocenters. The number of amides is 2. The van der Waals surface area contributed by atoms with Crippen molar-refractivity contribution in [2.75, 3.05) is 49.1 Å². The second-order valence-corrected chi connectivity index (χ2v) is 8.59. The fraction of sp³-hybridized carbons (Fsp3) is 0.304. The lowest BCUT2D eigenvalue weighted by Crippen LogP contribution is -2.49. The lowest BCUT2D eigenvalue weighted by molar-refractivity contribution is 0.0740. The Hall–Kier alpha value is -4.06.